The lowest BCUT2D eigenvalue weighted by Crippen LogP contribution is -2.15. The second-order valence-corrected chi connectivity index (χ2v) is 4.86. The molecular weight excluding hydrogens is 220 g/mol. The van der Waals surface area contributed by atoms with Crippen LogP contribution in [0.5, 0.6) is 0 Å². The third-order valence-electron chi connectivity index (χ3n) is 3.44. The fourth-order valence-corrected chi connectivity index (χ4v) is 2.52. The number of hydrogen-bond donors (Lipinski definition) is 0. The lowest BCUT2D eigenvalue weighted by molar-refractivity contribution is 0.595. The smallest absolute Gasteiger partial charge is 0.141 e. The van der Waals surface area contributed by atoms with E-state index in [9.17, 15) is 8.78 Å². The summed E-state index contributed by atoms with van der Waals surface area (Å²) in [6.45, 7) is 3.91. The zero-order chi connectivity index (χ0) is 12.2. The van der Waals surface area contributed by atoms with Crippen LogP contribution >= 0.6 is 0 Å². The maximum Gasteiger partial charge on any atom is 0.141 e. The largest absolute Gasteiger partial charge is 0.253 e. The first-order valence-corrected chi connectivity index (χ1v) is 5.46. The van der Waals surface area contributed by atoms with Crippen molar-refractivity contribution in [2.45, 2.75) is 19.3 Å². The van der Waals surface area contributed by atoms with Crippen LogP contribution in [0.1, 0.15) is 25.0 Å². The minimum atomic E-state index is -0.401. The molecule has 3 rings (SSSR count). The van der Waals surface area contributed by atoms with Gasteiger partial charge < -0.3 is 0 Å². The number of rotatable bonds is 0. The fourth-order valence-electron chi connectivity index (χ4n) is 2.52. The molecule has 1 aliphatic rings. The van der Waals surface area contributed by atoms with Crippen molar-refractivity contribution in [3.63, 3.8) is 0 Å². The predicted molar refractivity (Wildman–Crippen MR) is 61.7 cm³/mol. The summed E-state index contributed by atoms with van der Waals surface area (Å²) >= 11 is 0. The Hall–Kier alpha value is -1.77. The molecule has 1 heterocycles. The monoisotopic (exact) mass is 231 g/mol. The molecule has 0 N–H and O–H groups in total. The normalized spacial score (nSPS) is 15.5. The van der Waals surface area contributed by atoms with Crippen LogP contribution in [0.15, 0.2) is 30.5 Å². The molecule has 0 radical (unpaired) electrons. The Labute approximate surface area is 98.1 Å². The number of aromatic nitrogens is 1. The van der Waals surface area contributed by atoms with E-state index in [0.717, 1.165) is 22.4 Å². The van der Waals surface area contributed by atoms with Gasteiger partial charge in [-0.2, -0.15) is 0 Å². The van der Waals surface area contributed by atoms with Crippen molar-refractivity contribution >= 4 is 0 Å². The Bertz CT molecular complexity index is 564. The van der Waals surface area contributed by atoms with Crippen molar-refractivity contribution < 1.29 is 8.78 Å². The number of halogens is 2. The second kappa shape index (κ2) is 3.13. The van der Waals surface area contributed by atoms with E-state index in [4.69, 9.17) is 0 Å². The molecule has 0 saturated heterocycles. The van der Waals surface area contributed by atoms with Gasteiger partial charge in [0.25, 0.3) is 0 Å². The topological polar surface area (TPSA) is 12.9 Å². The summed E-state index contributed by atoms with van der Waals surface area (Å²) in [6, 6.07) is 6.12. The molecule has 1 aromatic heterocycles. The molecule has 1 nitrogen and oxygen atoms in total. The van der Waals surface area contributed by atoms with Crippen LogP contribution in [-0.4, -0.2) is 4.98 Å². The van der Waals surface area contributed by atoms with Crippen LogP contribution in [0.25, 0.3) is 11.3 Å². The van der Waals surface area contributed by atoms with Gasteiger partial charge in [0.05, 0.1) is 11.9 Å². The van der Waals surface area contributed by atoms with E-state index in [1.807, 2.05) is 13.8 Å². The third-order valence-corrected chi connectivity index (χ3v) is 3.44. The average Bonchev–Trinajstić information content (AvgIpc) is 2.49. The maximum atomic E-state index is 13.3. The summed E-state index contributed by atoms with van der Waals surface area (Å²) in [7, 11) is 0. The van der Waals surface area contributed by atoms with Crippen molar-refractivity contribution in [3.8, 4) is 11.3 Å². The summed E-state index contributed by atoms with van der Waals surface area (Å²) in [5.74, 6) is -0.629. The van der Waals surface area contributed by atoms with Gasteiger partial charge in [-0.05, 0) is 35.4 Å². The highest BCUT2D eigenvalue weighted by molar-refractivity contribution is 5.77. The summed E-state index contributed by atoms with van der Waals surface area (Å²) in [4.78, 5) is 4.13. The number of pyridine rings is 1. The van der Waals surface area contributed by atoms with E-state index in [-0.39, 0.29) is 11.6 Å². The fraction of sp³-hybridized carbons (Fsp3) is 0.214. The molecule has 0 amide bonds. The number of nitrogens with zero attached hydrogens (tertiary/aromatic N) is 1. The zero-order valence-corrected chi connectivity index (χ0v) is 9.59. The molecule has 3 heteroatoms. The van der Waals surface area contributed by atoms with E-state index in [0.29, 0.717) is 0 Å². The standard InChI is InChI=1S/C14H11F2N/c1-14(2)11-5-8(15)3-4-10(11)13-12(14)6-9(16)7-17-13/h3-7H,1-2H3. The van der Waals surface area contributed by atoms with Crippen molar-refractivity contribution in [2.75, 3.05) is 0 Å². The first-order chi connectivity index (χ1) is 8.00. The van der Waals surface area contributed by atoms with Gasteiger partial charge in [-0.3, -0.25) is 4.98 Å². The summed E-state index contributed by atoms with van der Waals surface area (Å²) < 4.78 is 26.6. The molecular formula is C14H11F2N. The molecule has 1 aromatic carbocycles. The number of benzene rings is 1. The Morgan fingerprint density at radius 2 is 1.71 bits per heavy atom. The summed E-state index contributed by atoms with van der Waals surface area (Å²) in [5, 5.41) is 0. The highest BCUT2D eigenvalue weighted by Crippen LogP contribution is 2.47. The van der Waals surface area contributed by atoms with Crippen LogP contribution in [-0.2, 0) is 5.41 Å². The SMILES string of the molecule is CC1(C)c2cc(F)ccc2-c2ncc(F)cc21. The van der Waals surface area contributed by atoms with E-state index in [1.165, 1.54) is 24.4 Å². The lowest BCUT2D eigenvalue weighted by atomic mass is 9.83. The zero-order valence-electron chi connectivity index (χ0n) is 9.59. The summed E-state index contributed by atoms with van der Waals surface area (Å²) in [6.07, 6.45) is 1.20. The van der Waals surface area contributed by atoms with Gasteiger partial charge in [0, 0.05) is 11.0 Å². The van der Waals surface area contributed by atoms with Gasteiger partial charge in [0.1, 0.15) is 11.6 Å². The molecule has 0 aliphatic heterocycles. The highest BCUT2D eigenvalue weighted by Gasteiger charge is 2.36. The molecule has 0 unspecified atom stereocenters. The van der Waals surface area contributed by atoms with E-state index >= 15 is 0 Å². The second-order valence-electron chi connectivity index (χ2n) is 4.86. The van der Waals surface area contributed by atoms with Gasteiger partial charge in [-0.25, -0.2) is 8.78 Å². The molecule has 0 spiro atoms. The Kier molecular flexibility index (Phi) is 1.91. The molecule has 2 aromatic rings. The molecule has 0 saturated carbocycles. The van der Waals surface area contributed by atoms with Crippen LogP contribution in [0, 0.1) is 11.6 Å². The van der Waals surface area contributed by atoms with Crippen LogP contribution in [0.2, 0.25) is 0 Å². The first-order valence-electron chi connectivity index (χ1n) is 5.46. The van der Waals surface area contributed by atoms with E-state index in [1.54, 1.807) is 6.07 Å². The van der Waals surface area contributed by atoms with Crippen molar-refractivity contribution in [2.24, 2.45) is 0 Å². The van der Waals surface area contributed by atoms with Crippen LogP contribution in [0.3, 0.4) is 0 Å². The first kappa shape index (κ1) is 10.4. The highest BCUT2D eigenvalue weighted by atomic mass is 19.1. The minimum Gasteiger partial charge on any atom is -0.253 e. The van der Waals surface area contributed by atoms with E-state index in [2.05, 4.69) is 4.98 Å². The van der Waals surface area contributed by atoms with E-state index < -0.39 is 5.41 Å². The van der Waals surface area contributed by atoms with Gasteiger partial charge in [0.15, 0.2) is 0 Å². The lowest BCUT2D eigenvalue weighted by Gasteiger charge is -2.20. The van der Waals surface area contributed by atoms with Crippen molar-refractivity contribution in [3.05, 3.63) is 53.2 Å². The van der Waals surface area contributed by atoms with Crippen LogP contribution in [0.4, 0.5) is 8.78 Å². The molecule has 1 aliphatic carbocycles. The molecule has 0 fully saturated rings. The maximum absolute atomic E-state index is 13.3. The summed E-state index contributed by atoms with van der Waals surface area (Å²) in [5.41, 5.74) is 2.93. The number of hydrogen-bond acceptors (Lipinski definition) is 1. The quantitative estimate of drug-likeness (QED) is 0.674. The Balaban J connectivity index is 2.37. The Morgan fingerprint density at radius 3 is 2.47 bits per heavy atom. The van der Waals surface area contributed by atoms with Crippen molar-refractivity contribution in [1.29, 1.82) is 0 Å². The molecule has 17 heavy (non-hydrogen) atoms. The minimum absolute atomic E-state index is 0.273. The molecule has 0 atom stereocenters. The van der Waals surface area contributed by atoms with Gasteiger partial charge in [-0.15, -0.1) is 0 Å². The van der Waals surface area contributed by atoms with Crippen LogP contribution < -0.4 is 0 Å². The van der Waals surface area contributed by atoms with Crippen molar-refractivity contribution in [1.82, 2.24) is 4.98 Å². The molecule has 86 valence electrons. The van der Waals surface area contributed by atoms with Gasteiger partial charge >= 0.3 is 0 Å². The third kappa shape index (κ3) is 1.32. The Morgan fingerprint density at radius 1 is 1.00 bits per heavy atom. The average molecular weight is 231 g/mol. The number of fused-ring (bicyclic) bond motifs is 3. The predicted octanol–water partition coefficient (Wildman–Crippen LogP) is 3.67. The van der Waals surface area contributed by atoms with Gasteiger partial charge in [-0.1, -0.05) is 13.8 Å². The van der Waals surface area contributed by atoms with Gasteiger partial charge in [0.2, 0.25) is 0 Å². The molecule has 0 bridgehead atoms.